The average Bonchev–Trinajstić information content (AvgIpc) is 3.08. The van der Waals surface area contributed by atoms with Gasteiger partial charge >= 0.3 is 0 Å². The maximum absolute atomic E-state index is 12.3. The van der Waals surface area contributed by atoms with Crippen molar-refractivity contribution < 1.29 is 14.4 Å². The van der Waals surface area contributed by atoms with Crippen LogP contribution in [0.5, 0.6) is 0 Å². The van der Waals surface area contributed by atoms with Gasteiger partial charge in [0.2, 0.25) is 5.91 Å². The van der Waals surface area contributed by atoms with Gasteiger partial charge in [0, 0.05) is 36.3 Å². The molecule has 3 amide bonds. The van der Waals surface area contributed by atoms with Gasteiger partial charge in [0.25, 0.3) is 11.8 Å². The minimum absolute atomic E-state index is 0.131. The highest BCUT2D eigenvalue weighted by atomic mass is 16.2. The van der Waals surface area contributed by atoms with Crippen LogP contribution in [0.1, 0.15) is 32.7 Å². The number of rotatable bonds is 5. The average molecular weight is 373 g/mol. The Morgan fingerprint density at radius 3 is 2.64 bits per heavy atom. The van der Waals surface area contributed by atoms with Crippen LogP contribution in [0.25, 0.3) is 10.8 Å². The molecular formula is C22H19N3O3. The summed E-state index contributed by atoms with van der Waals surface area (Å²) in [4.78, 5) is 36.1. The van der Waals surface area contributed by atoms with Crippen LogP contribution >= 0.6 is 0 Å². The van der Waals surface area contributed by atoms with E-state index in [1.807, 2.05) is 42.5 Å². The first kappa shape index (κ1) is 17.7. The number of amides is 3. The van der Waals surface area contributed by atoms with Crippen molar-refractivity contribution in [2.24, 2.45) is 0 Å². The molecule has 6 nitrogen and oxygen atoms in total. The van der Waals surface area contributed by atoms with Gasteiger partial charge in [0.05, 0.1) is 0 Å². The van der Waals surface area contributed by atoms with E-state index in [1.165, 1.54) is 0 Å². The smallest absolute Gasteiger partial charge is 0.251 e. The molecule has 0 radical (unpaired) electrons. The summed E-state index contributed by atoms with van der Waals surface area (Å²) >= 11 is 0. The quantitative estimate of drug-likeness (QED) is 0.643. The fourth-order valence-corrected chi connectivity index (χ4v) is 3.24. The maximum atomic E-state index is 12.3. The van der Waals surface area contributed by atoms with Gasteiger partial charge in [-0.15, -0.1) is 0 Å². The van der Waals surface area contributed by atoms with Crippen LogP contribution in [0.4, 0.5) is 5.69 Å². The van der Waals surface area contributed by atoms with Crippen molar-refractivity contribution in [3.05, 3.63) is 77.4 Å². The minimum atomic E-state index is -0.225. The number of carbonyl (C=O) groups is 3. The van der Waals surface area contributed by atoms with Crippen LogP contribution in [-0.4, -0.2) is 24.3 Å². The van der Waals surface area contributed by atoms with Gasteiger partial charge in [0.15, 0.2) is 0 Å². The molecule has 0 unspecified atom stereocenters. The zero-order valence-corrected chi connectivity index (χ0v) is 15.1. The predicted molar refractivity (Wildman–Crippen MR) is 107 cm³/mol. The molecule has 0 saturated carbocycles. The molecule has 0 atom stereocenters. The molecule has 6 heteroatoms. The lowest BCUT2D eigenvalue weighted by Crippen LogP contribution is -2.27. The summed E-state index contributed by atoms with van der Waals surface area (Å²) in [5.74, 6) is -0.571. The number of anilines is 1. The lowest BCUT2D eigenvalue weighted by molar-refractivity contribution is -0.116. The summed E-state index contributed by atoms with van der Waals surface area (Å²) in [5, 5.41) is 10.3. The van der Waals surface area contributed by atoms with Crippen LogP contribution < -0.4 is 16.0 Å². The van der Waals surface area contributed by atoms with Crippen molar-refractivity contribution in [2.75, 3.05) is 11.9 Å². The second kappa shape index (κ2) is 7.52. The Balaban J connectivity index is 1.30. The maximum Gasteiger partial charge on any atom is 0.251 e. The molecule has 1 heterocycles. The van der Waals surface area contributed by atoms with Crippen molar-refractivity contribution in [3.63, 3.8) is 0 Å². The van der Waals surface area contributed by atoms with Crippen molar-refractivity contribution in [1.82, 2.24) is 10.6 Å². The highest BCUT2D eigenvalue weighted by molar-refractivity contribution is 6.01. The van der Waals surface area contributed by atoms with E-state index in [2.05, 4.69) is 16.0 Å². The second-order valence-electron chi connectivity index (χ2n) is 6.67. The van der Waals surface area contributed by atoms with Gasteiger partial charge in [-0.05, 0) is 40.6 Å². The molecular weight excluding hydrogens is 354 g/mol. The number of carbonyl (C=O) groups excluding carboxylic acids is 3. The fraction of sp³-hybridized carbons (Fsp3) is 0.136. The standard InChI is InChI=1S/C22H19N3O3/c26-20(25-18-8-7-17-13-24-22(28)19(17)12-18)9-10-23-21(27)16-6-5-14-3-1-2-4-15(14)11-16/h1-8,11-12H,9-10,13H2,(H,23,27)(H,24,28)(H,25,26). The summed E-state index contributed by atoms with van der Waals surface area (Å²) < 4.78 is 0. The monoisotopic (exact) mass is 373 g/mol. The number of hydrogen-bond acceptors (Lipinski definition) is 3. The van der Waals surface area contributed by atoms with Crippen LogP contribution in [-0.2, 0) is 11.3 Å². The Bertz CT molecular complexity index is 1090. The highest BCUT2D eigenvalue weighted by Crippen LogP contribution is 2.20. The third-order valence-corrected chi connectivity index (χ3v) is 4.73. The van der Waals surface area contributed by atoms with E-state index < -0.39 is 0 Å². The van der Waals surface area contributed by atoms with Crippen LogP contribution in [0, 0.1) is 0 Å². The Morgan fingerprint density at radius 1 is 0.964 bits per heavy atom. The van der Waals surface area contributed by atoms with E-state index in [9.17, 15) is 14.4 Å². The first-order chi connectivity index (χ1) is 13.6. The molecule has 1 aliphatic heterocycles. The van der Waals surface area contributed by atoms with Gasteiger partial charge in [-0.25, -0.2) is 0 Å². The zero-order valence-electron chi connectivity index (χ0n) is 15.1. The molecule has 0 aromatic heterocycles. The molecule has 0 fully saturated rings. The van der Waals surface area contributed by atoms with Crippen molar-refractivity contribution in [1.29, 1.82) is 0 Å². The molecule has 4 rings (SSSR count). The first-order valence-corrected chi connectivity index (χ1v) is 9.08. The molecule has 28 heavy (non-hydrogen) atoms. The van der Waals surface area contributed by atoms with E-state index >= 15 is 0 Å². The second-order valence-corrected chi connectivity index (χ2v) is 6.67. The number of benzene rings is 3. The molecule has 1 aliphatic rings. The summed E-state index contributed by atoms with van der Waals surface area (Å²) in [7, 11) is 0. The number of nitrogens with one attached hydrogen (secondary N) is 3. The molecule has 0 aliphatic carbocycles. The lowest BCUT2D eigenvalue weighted by atomic mass is 10.1. The van der Waals surface area contributed by atoms with E-state index in [0.717, 1.165) is 16.3 Å². The van der Waals surface area contributed by atoms with Crippen LogP contribution in [0.2, 0.25) is 0 Å². The Kier molecular flexibility index (Phi) is 4.76. The van der Waals surface area contributed by atoms with Crippen molar-refractivity contribution in [3.8, 4) is 0 Å². The third-order valence-electron chi connectivity index (χ3n) is 4.73. The zero-order chi connectivity index (χ0) is 19.5. The Hall–Kier alpha value is -3.67. The first-order valence-electron chi connectivity index (χ1n) is 9.08. The highest BCUT2D eigenvalue weighted by Gasteiger charge is 2.19. The van der Waals surface area contributed by atoms with Crippen molar-refractivity contribution in [2.45, 2.75) is 13.0 Å². The Morgan fingerprint density at radius 2 is 1.79 bits per heavy atom. The lowest BCUT2D eigenvalue weighted by Gasteiger charge is -2.08. The SMILES string of the molecule is O=C(CCNC(=O)c1ccc2ccccc2c1)Nc1ccc2c(c1)C(=O)NC2. The number of fused-ring (bicyclic) bond motifs is 2. The van der Waals surface area contributed by atoms with Crippen LogP contribution in [0.15, 0.2) is 60.7 Å². The normalized spacial score (nSPS) is 12.4. The van der Waals surface area contributed by atoms with Gasteiger partial charge in [-0.1, -0.05) is 36.4 Å². The minimum Gasteiger partial charge on any atom is -0.352 e. The van der Waals surface area contributed by atoms with Crippen molar-refractivity contribution >= 4 is 34.2 Å². The van der Waals surface area contributed by atoms with E-state index in [4.69, 9.17) is 0 Å². The molecule has 3 aromatic rings. The molecule has 140 valence electrons. The predicted octanol–water partition coefficient (Wildman–Crippen LogP) is 2.84. The third kappa shape index (κ3) is 3.71. The summed E-state index contributed by atoms with van der Waals surface area (Å²) in [5.41, 5.74) is 2.64. The number of hydrogen-bond donors (Lipinski definition) is 3. The van der Waals surface area contributed by atoms with Gasteiger partial charge < -0.3 is 16.0 Å². The molecule has 0 bridgehead atoms. The molecule has 0 spiro atoms. The topological polar surface area (TPSA) is 87.3 Å². The molecule has 3 N–H and O–H groups in total. The van der Waals surface area contributed by atoms with Gasteiger partial charge in [-0.3, -0.25) is 14.4 Å². The summed E-state index contributed by atoms with van der Waals surface area (Å²) in [6, 6.07) is 18.6. The summed E-state index contributed by atoms with van der Waals surface area (Å²) in [6.07, 6.45) is 0.141. The molecule has 0 saturated heterocycles. The summed E-state index contributed by atoms with van der Waals surface area (Å²) in [6.45, 7) is 0.742. The Labute approximate surface area is 161 Å². The molecule has 3 aromatic carbocycles. The fourth-order valence-electron chi connectivity index (χ4n) is 3.24. The largest absolute Gasteiger partial charge is 0.352 e. The van der Waals surface area contributed by atoms with E-state index in [1.54, 1.807) is 18.2 Å². The van der Waals surface area contributed by atoms with Gasteiger partial charge in [-0.2, -0.15) is 0 Å². The van der Waals surface area contributed by atoms with E-state index in [0.29, 0.717) is 23.4 Å². The van der Waals surface area contributed by atoms with Gasteiger partial charge in [0.1, 0.15) is 0 Å². The van der Waals surface area contributed by atoms with E-state index in [-0.39, 0.29) is 30.7 Å². The van der Waals surface area contributed by atoms with Crippen LogP contribution in [0.3, 0.4) is 0 Å².